The summed E-state index contributed by atoms with van der Waals surface area (Å²) in [6, 6.07) is 0.299. The van der Waals surface area contributed by atoms with Crippen molar-refractivity contribution in [1.82, 2.24) is 9.80 Å². The molecule has 0 aliphatic rings. The van der Waals surface area contributed by atoms with Gasteiger partial charge in [-0.25, -0.2) is 0 Å². The molecule has 0 aliphatic heterocycles. The van der Waals surface area contributed by atoms with Gasteiger partial charge < -0.3 is 19.3 Å². The second-order valence-electron chi connectivity index (χ2n) is 16.1. The Morgan fingerprint density at radius 1 is 0.491 bits per heavy atom. The van der Waals surface area contributed by atoms with Gasteiger partial charge in [0.2, 0.25) is 5.91 Å². The van der Waals surface area contributed by atoms with Gasteiger partial charge in [0.05, 0.1) is 0 Å². The van der Waals surface area contributed by atoms with E-state index in [9.17, 15) is 14.4 Å². The lowest BCUT2D eigenvalue weighted by molar-refractivity contribution is -0.143. The average Bonchev–Trinajstić information content (AvgIpc) is 3.19. The number of hydrogen-bond acceptors (Lipinski definition) is 8. The molecular formula is C48H90N2O5S2. The second-order valence-corrected chi connectivity index (χ2v) is 18.8. The molecule has 0 aromatic rings. The predicted octanol–water partition coefficient (Wildman–Crippen LogP) is 13.7. The lowest BCUT2D eigenvalue weighted by atomic mass is 9.98. The zero-order chi connectivity index (χ0) is 41.9. The highest BCUT2D eigenvalue weighted by Gasteiger charge is 2.23. The van der Waals surface area contributed by atoms with Crippen LogP contribution in [0.4, 0.5) is 0 Å². The molecule has 57 heavy (non-hydrogen) atoms. The molecule has 0 spiro atoms. The number of unbranched alkanes of at least 4 members (excludes halogenated alkanes) is 18. The minimum atomic E-state index is -0.0831. The van der Waals surface area contributed by atoms with Crippen LogP contribution in [0, 0.1) is 0 Å². The molecule has 0 N–H and O–H groups in total. The van der Waals surface area contributed by atoms with Crippen LogP contribution in [0.15, 0.2) is 24.3 Å². The van der Waals surface area contributed by atoms with Crippen LogP contribution >= 0.6 is 21.6 Å². The Morgan fingerprint density at radius 2 is 0.947 bits per heavy atom. The molecule has 1 amide bonds. The molecule has 0 unspecified atom stereocenters. The van der Waals surface area contributed by atoms with Crippen molar-refractivity contribution in [3.8, 4) is 0 Å². The van der Waals surface area contributed by atoms with Crippen LogP contribution < -0.4 is 0 Å². The van der Waals surface area contributed by atoms with E-state index in [1.807, 2.05) is 33.7 Å². The van der Waals surface area contributed by atoms with Gasteiger partial charge in [0, 0.05) is 43.4 Å². The van der Waals surface area contributed by atoms with E-state index in [1.54, 1.807) is 0 Å². The van der Waals surface area contributed by atoms with Crippen molar-refractivity contribution in [3.05, 3.63) is 24.3 Å². The summed E-state index contributed by atoms with van der Waals surface area (Å²) in [5, 5.41) is 0. The maximum Gasteiger partial charge on any atom is 0.306 e. The Labute approximate surface area is 360 Å². The minimum Gasteiger partial charge on any atom is -0.461 e. The standard InChI is InChI=1S/C48H90N2O5S2/c1-6-9-12-14-24-30-41-54-47(52)36-28-22-18-16-20-26-34-45(50(40-33-39-49(4)5)46(51)38-44-57-56-43-32-11-8-3)35-27-21-17-19-23-29-37-48(53)55-42-31-25-15-13-10-7-2/h24-25,30-31,45H,6-23,26-29,32-44H2,1-5H3/b30-24-,31-25-. The molecule has 7 nitrogen and oxygen atoms in total. The van der Waals surface area contributed by atoms with E-state index in [2.05, 4.69) is 56.8 Å². The fraction of sp³-hybridized carbons (Fsp3) is 0.854. The molecule has 0 bridgehead atoms. The number of ether oxygens (including phenoxy) is 2. The predicted molar refractivity (Wildman–Crippen MR) is 250 cm³/mol. The van der Waals surface area contributed by atoms with Gasteiger partial charge in [0.1, 0.15) is 13.2 Å². The van der Waals surface area contributed by atoms with Gasteiger partial charge in [0.15, 0.2) is 0 Å². The van der Waals surface area contributed by atoms with E-state index in [0.29, 0.717) is 44.4 Å². The summed E-state index contributed by atoms with van der Waals surface area (Å²) in [6.07, 6.45) is 39.4. The van der Waals surface area contributed by atoms with Gasteiger partial charge >= 0.3 is 11.9 Å². The van der Waals surface area contributed by atoms with E-state index >= 15 is 0 Å². The van der Waals surface area contributed by atoms with Crippen LogP contribution in [0.2, 0.25) is 0 Å². The van der Waals surface area contributed by atoms with Crippen LogP contribution in [0.3, 0.4) is 0 Å². The summed E-state index contributed by atoms with van der Waals surface area (Å²) in [7, 11) is 8.02. The van der Waals surface area contributed by atoms with E-state index in [4.69, 9.17) is 9.47 Å². The highest BCUT2D eigenvalue weighted by atomic mass is 33.1. The number of esters is 2. The largest absolute Gasteiger partial charge is 0.461 e. The maximum atomic E-state index is 13.8. The van der Waals surface area contributed by atoms with Gasteiger partial charge in [-0.15, -0.1) is 0 Å². The quantitative estimate of drug-likeness (QED) is 0.0260. The number of carbonyl (C=O) groups excluding carboxylic acids is 3. The van der Waals surface area contributed by atoms with Crippen LogP contribution in [-0.4, -0.2) is 85.6 Å². The molecule has 0 heterocycles. The summed E-state index contributed by atoms with van der Waals surface area (Å²) in [5.41, 5.74) is 0. The maximum absolute atomic E-state index is 13.8. The summed E-state index contributed by atoms with van der Waals surface area (Å²) in [5.74, 6) is 2.22. The fourth-order valence-electron chi connectivity index (χ4n) is 6.86. The van der Waals surface area contributed by atoms with E-state index < -0.39 is 0 Å². The molecule has 9 heteroatoms. The van der Waals surface area contributed by atoms with Gasteiger partial charge in [0.25, 0.3) is 0 Å². The highest BCUT2D eigenvalue weighted by molar-refractivity contribution is 8.76. The summed E-state index contributed by atoms with van der Waals surface area (Å²) >= 11 is 0. The zero-order valence-electron chi connectivity index (χ0n) is 37.9. The third-order valence-electron chi connectivity index (χ3n) is 10.4. The Hall–Kier alpha value is -1.45. The molecule has 0 saturated carbocycles. The molecule has 0 rings (SSSR count). The molecule has 0 aliphatic carbocycles. The van der Waals surface area contributed by atoms with Crippen molar-refractivity contribution in [1.29, 1.82) is 0 Å². The van der Waals surface area contributed by atoms with Crippen molar-refractivity contribution in [2.75, 3.05) is 51.9 Å². The third-order valence-corrected chi connectivity index (χ3v) is 12.9. The first kappa shape index (κ1) is 55.5. The fourth-order valence-corrected chi connectivity index (χ4v) is 8.99. The van der Waals surface area contributed by atoms with E-state index in [-0.39, 0.29) is 11.9 Å². The molecule has 334 valence electrons. The smallest absolute Gasteiger partial charge is 0.306 e. The third kappa shape index (κ3) is 39.8. The minimum absolute atomic E-state index is 0.0831. The van der Waals surface area contributed by atoms with Crippen molar-refractivity contribution in [2.45, 2.75) is 213 Å². The summed E-state index contributed by atoms with van der Waals surface area (Å²) in [6.45, 7) is 9.28. The molecule has 0 fully saturated rings. The Morgan fingerprint density at radius 3 is 1.44 bits per heavy atom. The van der Waals surface area contributed by atoms with Gasteiger partial charge in [-0.3, -0.25) is 14.4 Å². The van der Waals surface area contributed by atoms with E-state index in [0.717, 1.165) is 102 Å². The van der Waals surface area contributed by atoms with Crippen LogP contribution in [0.25, 0.3) is 0 Å². The van der Waals surface area contributed by atoms with Crippen molar-refractivity contribution in [2.24, 2.45) is 0 Å². The van der Waals surface area contributed by atoms with Gasteiger partial charge in [-0.1, -0.05) is 169 Å². The molecule has 0 radical (unpaired) electrons. The topological polar surface area (TPSA) is 76.2 Å². The van der Waals surface area contributed by atoms with Crippen LogP contribution in [-0.2, 0) is 23.9 Å². The molecule has 0 aromatic heterocycles. The number of allylic oxidation sites excluding steroid dienone is 2. The summed E-state index contributed by atoms with van der Waals surface area (Å²) < 4.78 is 10.7. The van der Waals surface area contributed by atoms with Crippen molar-refractivity contribution >= 4 is 39.4 Å². The Kier molecular flexibility index (Phi) is 43.0. The lowest BCUT2D eigenvalue weighted by Gasteiger charge is -2.33. The second kappa shape index (κ2) is 44.1. The number of amides is 1. The lowest BCUT2D eigenvalue weighted by Crippen LogP contribution is -2.42. The monoisotopic (exact) mass is 839 g/mol. The molecular weight excluding hydrogens is 749 g/mol. The van der Waals surface area contributed by atoms with Crippen molar-refractivity contribution in [3.63, 3.8) is 0 Å². The van der Waals surface area contributed by atoms with Gasteiger partial charge in [-0.05, 0) is 84.8 Å². The highest BCUT2D eigenvalue weighted by Crippen LogP contribution is 2.25. The normalized spacial score (nSPS) is 11.8. The first-order chi connectivity index (χ1) is 27.8. The Balaban J connectivity index is 4.81. The van der Waals surface area contributed by atoms with Crippen LogP contribution in [0.1, 0.15) is 207 Å². The first-order valence-electron chi connectivity index (χ1n) is 23.6. The molecule has 0 atom stereocenters. The number of carbonyl (C=O) groups is 3. The molecule has 0 aromatic carbocycles. The van der Waals surface area contributed by atoms with E-state index in [1.165, 1.54) is 89.2 Å². The Bertz CT molecular complexity index is 924. The summed E-state index contributed by atoms with van der Waals surface area (Å²) in [4.78, 5) is 42.5. The van der Waals surface area contributed by atoms with Crippen molar-refractivity contribution < 1.29 is 23.9 Å². The zero-order valence-corrected chi connectivity index (χ0v) is 39.5. The SMILES string of the molecule is CCCCC/C=C\COC(=O)CCCCCCCCC(CCCCCCCCC(=O)OC/C=C\CCCCC)N(CCCN(C)C)C(=O)CCSSCCCCC. The van der Waals surface area contributed by atoms with Gasteiger partial charge in [-0.2, -0.15) is 0 Å². The first-order valence-corrected chi connectivity index (χ1v) is 26.1. The number of nitrogens with zero attached hydrogens (tertiary/aromatic N) is 2. The number of hydrogen-bond donors (Lipinski definition) is 0. The molecule has 0 saturated heterocycles. The van der Waals surface area contributed by atoms with Crippen LogP contribution in [0.5, 0.6) is 0 Å². The number of rotatable bonds is 43. The average molecular weight is 839 g/mol.